The molecule has 4 N–H and O–H groups in total. The minimum atomic E-state index is -1.08. The molecule has 0 heterocycles. The monoisotopic (exact) mass is 209 g/mol. The van der Waals surface area contributed by atoms with Gasteiger partial charge in [0, 0.05) is 39.3 Å². The Balaban J connectivity index is -0.0000000720. The average Bonchev–Trinajstić information content (AvgIpc) is 1.65. The van der Waals surface area contributed by atoms with E-state index in [2.05, 4.69) is 6.92 Å². The van der Waals surface area contributed by atoms with E-state index in [4.69, 9.17) is 20.7 Å². The van der Waals surface area contributed by atoms with Crippen molar-refractivity contribution >= 4 is 5.97 Å². The fourth-order valence-corrected chi connectivity index (χ4v) is 0. The molecule has 0 saturated carbocycles. The van der Waals surface area contributed by atoms with Crippen molar-refractivity contribution in [2.24, 2.45) is 5.73 Å². The zero-order valence-corrected chi connectivity index (χ0v) is 7.92. The van der Waals surface area contributed by atoms with Crippen LogP contribution in [0.1, 0.15) is 0 Å². The number of carboxylic acids is 1. The third kappa shape index (κ3) is 182. The van der Waals surface area contributed by atoms with Gasteiger partial charge in [-0.15, -0.1) is 0 Å². The van der Waals surface area contributed by atoms with Crippen molar-refractivity contribution in [3.05, 3.63) is 6.92 Å². The molecule has 0 aromatic rings. The molecule has 0 aliphatic carbocycles. The van der Waals surface area contributed by atoms with E-state index >= 15 is 0 Å². The summed E-state index contributed by atoms with van der Waals surface area (Å²) < 4.78 is 0. The first-order valence-electron chi connectivity index (χ1n) is 2.01. The summed E-state index contributed by atoms with van der Waals surface area (Å²) in [5, 5.41) is 15.1. The van der Waals surface area contributed by atoms with Crippen molar-refractivity contribution in [1.82, 2.24) is 0 Å². The van der Waals surface area contributed by atoms with E-state index in [1.807, 2.05) is 0 Å². The quantitative estimate of drug-likeness (QED) is 0.475. The topological polar surface area (TPSA) is 83.5 Å². The number of aliphatic hydroxyl groups is 1. The number of nitrogens with two attached hydrogens (primary N) is 1. The molecule has 0 aromatic heterocycles. The molecule has 0 aliphatic rings. The molecule has 0 aromatic carbocycles. The summed E-state index contributed by atoms with van der Waals surface area (Å²) in [6.07, 6.45) is 0. The van der Waals surface area contributed by atoms with Crippen LogP contribution in [0.15, 0.2) is 0 Å². The van der Waals surface area contributed by atoms with Crippen LogP contribution in [0.25, 0.3) is 0 Å². The fourth-order valence-electron chi connectivity index (χ4n) is 0. The molecule has 53 valence electrons. The molecule has 0 bridgehead atoms. The summed E-state index contributed by atoms with van der Waals surface area (Å²) >= 11 is 0. The van der Waals surface area contributed by atoms with Crippen molar-refractivity contribution < 1.29 is 47.7 Å². The third-order valence-electron chi connectivity index (χ3n) is 0.129. The van der Waals surface area contributed by atoms with Crippen LogP contribution >= 0.6 is 0 Å². The van der Waals surface area contributed by atoms with Crippen LogP contribution in [0, 0.1) is 6.92 Å². The summed E-state index contributed by atoms with van der Waals surface area (Å²) in [5.74, 6) is -1.08. The molecular formula is C4H10NO3Y-. The van der Waals surface area contributed by atoms with Gasteiger partial charge in [0.1, 0.15) is 0 Å². The van der Waals surface area contributed by atoms with E-state index in [0.29, 0.717) is 6.54 Å². The molecule has 0 rings (SSSR count). The number of rotatable bonds is 1. The average molecular weight is 209 g/mol. The fraction of sp³-hybridized carbons (Fsp3) is 0.500. The van der Waals surface area contributed by atoms with E-state index < -0.39 is 5.97 Å². The molecule has 0 aliphatic heterocycles. The van der Waals surface area contributed by atoms with Crippen LogP contribution in [0.5, 0.6) is 0 Å². The molecule has 5 heteroatoms. The predicted molar refractivity (Wildman–Crippen MR) is 29.1 cm³/mol. The summed E-state index contributed by atoms with van der Waals surface area (Å²) in [5.41, 5.74) is 4.78. The molecule has 0 atom stereocenters. The smallest absolute Gasteiger partial charge is 0.161 e. The van der Waals surface area contributed by atoms with Gasteiger partial charge in [0.25, 0.3) is 0 Å². The molecule has 4 nitrogen and oxygen atoms in total. The van der Waals surface area contributed by atoms with Gasteiger partial charge < -0.3 is 15.9 Å². The number of carboxylic acid groups (broad SMARTS) is 1. The van der Waals surface area contributed by atoms with E-state index in [-0.39, 0.29) is 39.3 Å². The maximum absolute atomic E-state index is 8.89. The number of hydrogen-bond donors (Lipinski definition) is 3. The Hall–Kier alpha value is 0.364. The summed E-state index contributed by atoms with van der Waals surface area (Å²) in [6, 6.07) is 0. The standard InChI is InChI=1S/C2H7NO.C2H3O2.Y/c3-1-2-4;1-2(3)4;/h4H,1-3H2;1H2,(H,3,4);/q;-1;. The second-order valence-electron chi connectivity index (χ2n) is 0.906. The maximum Gasteiger partial charge on any atom is 0.161 e. The normalized spacial score (nSPS) is 6.00. The van der Waals surface area contributed by atoms with Gasteiger partial charge in [-0.05, 0) is 0 Å². The van der Waals surface area contributed by atoms with Crippen molar-refractivity contribution in [3.63, 3.8) is 0 Å². The molecule has 0 amide bonds. The first-order valence-corrected chi connectivity index (χ1v) is 2.01. The molecule has 0 fully saturated rings. The Bertz CT molecular complexity index is 53.8. The minimum Gasteiger partial charge on any atom is -0.503 e. The van der Waals surface area contributed by atoms with Crippen LogP contribution < -0.4 is 5.73 Å². The zero-order chi connectivity index (χ0) is 6.99. The zero-order valence-electron chi connectivity index (χ0n) is 5.08. The van der Waals surface area contributed by atoms with Crippen LogP contribution in [0.2, 0.25) is 0 Å². The Morgan fingerprint density at radius 3 is 1.78 bits per heavy atom. The van der Waals surface area contributed by atoms with Gasteiger partial charge in [0.2, 0.25) is 0 Å². The molecule has 0 unspecified atom stereocenters. The Morgan fingerprint density at radius 2 is 1.78 bits per heavy atom. The van der Waals surface area contributed by atoms with Gasteiger partial charge in [-0.25, -0.2) is 0 Å². The van der Waals surface area contributed by atoms with E-state index in [9.17, 15) is 0 Å². The second-order valence-corrected chi connectivity index (χ2v) is 0.906. The molecule has 0 spiro atoms. The van der Waals surface area contributed by atoms with Crippen LogP contribution in [0.4, 0.5) is 0 Å². The van der Waals surface area contributed by atoms with Gasteiger partial charge in [0.15, 0.2) is 5.97 Å². The van der Waals surface area contributed by atoms with Crippen LogP contribution in [-0.2, 0) is 37.5 Å². The molecule has 9 heavy (non-hydrogen) atoms. The van der Waals surface area contributed by atoms with Gasteiger partial charge in [0.05, 0.1) is 6.61 Å². The Kier molecular flexibility index (Phi) is 28.3. The van der Waals surface area contributed by atoms with Crippen molar-refractivity contribution in [1.29, 1.82) is 0 Å². The maximum atomic E-state index is 8.89. The van der Waals surface area contributed by atoms with Crippen LogP contribution in [-0.4, -0.2) is 29.3 Å². The Labute approximate surface area is 79.3 Å². The second kappa shape index (κ2) is 15.8. The van der Waals surface area contributed by atoms with E-state index in [1.165, 1.54) is 0 Å². The number of aliphatic hydroxyl groups excluding tert-OH is 1. The summed E-state index contributed by atoms with van der Waals surface area (Å²) in [7, 11) is 0. The number of aliphatic carboxylic acids is 1. The first-order chi connectivity index (χ1) is 3.65. The van der Waals surface area contributed by atoms with Gasteiger partial charge in [-0.2, -0.15) is 0 Å². The molecular weight excluding hydrogens is 199 g/mol. The van der Waals surface area contributed by atoms with E-state index in [0.717, 1.165) is 0 Å². The van der Waals surface area contributed by atoms with Crippen molar-refractivity contribution in [2.45, 2.75) is 0 Å². The SMILES string of the molecule is NCCO.[CH2-]C(=O)O.[Y]. The first kappa shape index (κ1) is 16.2. The van der Waals surface area contributed by atoms with Gasteiger partial charge in [-0.3, -0.25) is 11.7 Å². The number of hydrogen-bond acceptors (Lipinski definition) is 3. The van der Waals surface area contributed by atoms with Crippen molar-refractivity contribution in [3.8, 4) is 0 Å². The van der Waals surface area contributed by atoms with Crippen molar-refractivity contribution in [2.75, 3.05) is 13.2 Å². The molecule has 1 radical (unpaired) electrons. The number of carbonyl (C=O) groups is 1. The van der Waals surface area contributed by atoms with E-state index in [1.54, 1.807) is 0 Å². The van der Waals surface area contributed by atoms with Crippen LogP contribution in [0.3, 0.4) is 0 Å². The summed E-state index contributed by atoms with van der Waals surface area (Å²) in [6.45, 7) is 3.03. The largest absolute Gasteiger partial charge is 0.503 e. The predicted octanol–water partition coefficient (Wildman–Crippen LogP) is -1.16. The summed E-state index contributed by atoms with van der Waals surface area (Å²) in [4.78, 5) is 8.89. The van der Waals surface area contributed by atoms with Gasteiger partial charge in [-0.1, -0.05) is 0 Å². The van der Waals surface area contributed by atoms with Gasteiger partial charge >= 0.3 is 0 Å². The third-order valence-corrected chi connectivity index (χ3v) is 0.129. The minimum absolute atomic E-state index is 0. The molecule has 0 saturated heterocycles. The Morgan fingerprint density at radius 1 is 1.67 bits per heavy atom.